The fourth-order valence-corrected chi connectivity index (χ4v) is 3.65. The molecule has 0 radical (unpaired) electrons. The molecule has 0 aromatic heterocycles. The average molecular weight is 430 g/mol. The van der Waals surface area contributed by atoms with E-state index in [9.17, 15) is 14.4 Å². The number of hydrogen-bond acceptors (Lipinski definition) is 7. The van der Waals surface area contributed by atoms with Gasteiger partial charge in [0.05, 0.1) is 31.2 Å². The number of ether oxygens (including phenoxy) is 3. The van der Waals surface area contributed by atoms with Gasteiger partial charge in [-0.1, -0.05) is 6.07 Å². The molecule has 8 nitrogen and oxygen atoms in total. The van der Waals surface area contributed by atoms with E-state index < -0.39 is 11.9 Å². The number of methoxy groups -OCH3 is 2. The lowest BCUT2D eigenvalue weighted by Gasteiger charge is -2.16. The van der Waals surface area contributed by atoms with E-state index in [1.54, 1.807) is 38.5 Å². The summed E-state index contributed by atoms with van der Waals surface area (Å²) in [5.74, 6) is 0.461. The van der Waals surface area contributed by atoms with Crippen LogP contribution in [-0.2, 0) is 20.7 Å². The molecule has 30 heavy (non-hydrogen) atoms. The van der Waals surface area contributed by atoms with Crippen LogP contribution in [-0.4, -0.2) is 50.9 Å². The van der Waals surface area contributed by atoms with Gasteiger partial charge in [-0.05, 0) is 42.3 Å². The van der Waals surface area contributed by atoms with Crippen molar-refractivity contribution in [2.24, 2.45) is 0 Å². The normalized spacial score (nSPS) is 12.4. The molecule has 2 aromatic rings. The van der Waals surface area contributed by atoms with Gasteiger partial charge in [0.2, 0.25) is 5.91 Å². The molecule has 3 rings (SSSR count). The van der Waals surface area contributed by atoms with Crippen LogP contribution in [0.5, 0.6) is 11.5 Å². The monoisotopic (exact) mass is 430 g/mol. The van der Waals surface area contributed by atoms with Crippen LogP contribution >= 0.6 is 11.8 Å². The van der Waals surface area contributed by atoms with Crippen molar-refractivity contribution < 1.29 is 28.6 Å². The van der Waals surface area contributed by atoms with Crippen LogP contribution in [0.2, 0.25) is 0 Å². The zero-order valence-corrected chi connectivity index (χ0v) is 17.5. The van der Waals surface area contributed by atoms with Crippen molar-refractivity contribution in [2.45, 2.75) is 11.3 Å². The molecule has 1 aliphatic rings. The first-order chi connectivity index (χ1) is 14.5. The van der Waals surface area contributed by atoms with Crippen LogP contribution < -0.4 is 20.1 Å². The van der Waals surface area contributed by atoms with E-state index in [1.165, 1.54) is 11.8 Å². The van der Waals surface area contributed by atoms with Gasteiger partial charge in [0.25, 0.3) is 5.91 Å². The summed E-state index contributed by atoms with van der Waals surface area (Å²) in [5, 5.41) is 5.43. The van der Waals surface area contributed by atoms with Crippen LogP contribution in [0.3, 0.4) is 0 Å². The van der Waals surface area contributed by atoms with E-state index in [-0.39, 0.29) is 18.1 Å². The number of anilines is 1. The lowest BCUT2D eigenvalue weighted by atomic mass is 10.1. The second-order valence-corrected chi connectivity index (χ2v) is 7.43. The van der Waals surface area contributed by atoms with Crippen LogP contribution in [0.4, 0.5) is 5.69 Å². The average Bonchev–Trinajstić information content (AvgIpc) is 2.76. The Balaban J connectivity index is 1.45. The molecular formula is C21H22N2O6S. The van der Waals surface area contributed by atoms with Gasteiger partial charge in [-0.2, -0.15) is 0 Å². The van der Waals surface area contributed by atoms with E-state index in [0.717, 1.165) is 10.5 Å². The molecular weight excluding hydrogens is 408 g/mol. The smallest absolute Gasteiger partial charge is 0.338 e. The number of nitrogens with one attached hydrogen (secondary N) is 2. The van der Waals surface area contributed by atoms with Gasteiger partial charge in [0.1, 0.15) is 0 Å². The highest BCUT2D eigenvalue weighted by Crippen LogP contribution is 2.32. The van der Waals surface area contributed by atoms with Crippen molar-refractivity contribution in [1.29, 1.82) is 0 Å². The number of amides is 2. The van der Waals surface area contributed by atoms with Crippen molar-refractivity contribution >= 4 is 35.2 Å². The van der Waals surface area contributed by atoms with Gasteiger partial charge < -0.3 is 24.8 Å². The fraction of sp³-hybridized carbons (Fsp3) is 0.286. The van der Waals surface area contributed by atoms with Crippen molar-refractivity contribution in [3.63, 3.8) is 0 Å². The Bertz CT molecular complexity index is 963. The molecule has 0 unspecified atom stereocenters. The van der Waals surface area contributed by atoms with Gasteiger partial charge >= 0.3 is 5.97 Å². The number of carbonyl (C=O) groups excluding carboxylic acids is 3. The zero-order chi connectivity index (χ0) is 21.5. The van der Waals surface area contributed by atoms with Crippen LogP contribution in [0.25, 0.3) is 0 Å². The summed E-state index contributed by atoms with van der Waals surface area (Å²) in [6, 6.07) is 10.5. The third kappa shape index (κ3) is 5.44. The molecule has 0 atom stereocenters. The summed E-state index contributed by atoms with van der Waals surface area (Å²) in [6.45, 7) is -0.00305. The molecule has 0 saturated heterocycles. The first-order valence-electron chi connectivity index (χ1n) is 9.21. The summed E-state index contributed by atoms with van der Waals surface area (Å²) in [5.41, 5.74) is 1.82. The molecule has 0 bridgehead atoms. The molecule has 158 valence electrons. The summed E-state index contributed by atoms with van der Waals surface area (Å²) in [6.07, 6.45) is 0.586. The van der Waals surface area contributed by atoms with E-state index in [2.05, 4.69) is 10.6 Å². The van der Waals surface area contributed by atoms with Crippen molar-refractivity contribution in [2.75, 3.05) is 38.4 Å². The summed E-state index contributed by atoms with van der Waals surface area (Å²) in [7, 11) is 3.13. The largest absolute Gasteiger partial charge is 0.493 e. The molecule has 2 aromatic carbocycles. The third-order valence-corrected chi connectivity index (χ3v) is 5.44. The lowest BCUT2D eigenvalue weighted by molar-refractivity contribution is -0.124. The highest BCUT2D eigenvalue weighted by atomic mass is 32.2. The van der Waals surface area contributed by atoms with E-state index in [1.807, 2.05) is 12.1 Å². The second-order valence-electron chi connectivity index (χ2n) is 6.41. The maximum absolute atomic E-state index is 12.2. The lowest BCUT2D eigenvalue weighted by Crippen LogP contribution is -2.30. The van der Waals surface area contributed by atoms with Gasteiger partial charge in [-0.3, -0.25) is 9.59 Å². The van der Waals surface area contributed by atoms with Gasteiger partial charge in [0.15, 0.2) is 18.1 Å². The van der Waals surface area contributed by atoms with E-state index in [4.69, 9.17) is 14.2 Å². The number of rotatable bonds is 8. The standard InChI is InChI=1S/C21H22N2O6S/c1-27-16-5-3-13(9-17(16)28-2)7-8-22-19(24)11-29-21(26)14-4-6-18-15(10-14)23-20(25)12-30-18/h3-6,9-10H,7-8,11-12H2,1-2H3,(H,22,24)(H,23,25). The van der Waals surface area contributed by atoms with Gasteiger partial charge in [0, 0.05) is 11.4 Å². The van der Waals surface area contributed by atoms with E-state index in [0.29, 0.717) is 35.9 Å². The Morgan fingerprint density at radius 2 is 1.90 bits per heavy atom. The second kappa shape index (κ2) is 10.0. The quantitative estimate of drug-likeness (QED) is 0.619. The highest BCUT2D eigenvalue weighted by Gasteiger charge is 2.18. The summed E-state index contributed by atoms with van der Waals surface area (Å²) in [4.78, 5) is 36.5. The van der Waals surface area contributed by atoms with Crippen LogP contribution in [0.15, 0.2) is 41.3 Å². The van der Waals surface area contributed by atoms with Crippen LogP contribution in [0, 0.1) is 0 Å². The number of carbonyl (C=O) groups is 3. The Morgan fingerprint density at radius 3 is 2.67 bits per heavy atom. The van der Waals surface area contributed by atoms with Crippen LogP contribution in [0.1, 0.15) is 15.9 Å². The number of hydrogen-bond donors (Lipinski definition) is 2. The Morgan fingerprint density at radius 1 is 1.10 bits per heavy atom. The fourth-order valence-electron chi connectivity index (χ4n) is 2.86. The number of esters is 1. The van der Waals surface area contributed by atoms with Gasteiger partial charge in [-0.15, -0.1) is 11.8 Å². The topological polar surface area (TPSA) is 103 Å². The minimum Gasteiger partial charge on any atom is -0.493 e. The first-order valence-corrected chi connectivity index (χ1v) is 10.2. The number of fused-ring (bicyclic) bond motifs is 1. The van der Waals surface area contributed by atoms with Gasteiger partial charge in [-0.25, -0.2) is 4.79 Å². The maximum atomic E-state index is 12.2. The number of benzene rings is 2. The molecule has 1 aliphatic heterocycles. The molecule has 2 amide bonds. The summed E-state index contributed by atoms with van der Waals surface area (Å²) >= 11 is 1.40. The SMILES string of the molecule is COc1ccc(CCNC(=O)COC(=O)c2ccc3c(c2)NC(=O)CS3)cc1OC. The molecule has 1 heterocycles. The minimum absolute atomic E-state index is 0.119. The Hall–Kier alpha value is -3.20. The minimum atomic E-state index is -0.627. The van der Waals surface area contributed by atoms with Crippen molar-refractivity contribution in [3.8, 4) is 11.5 Å². The predicted octanol–water partition coefficient (Wildman–Crippen LogP) is 2.26. The third-order valence-electron chi connectivity index (χ3n) is 4.37. The molecule has 9 heteroatoms. The Kier molecular flexibility index (Phi) is 7.18. The molecule has 0 fully saturated rings. The molecule has 2 N–H and O–H groups in total. The van der Waals surface area contributed by atoms with Crippen molar-refractivity contribution in [1.82, 2.24) is 5.32 Å². The number of thioether (sulfide) groups is 1. The molecule has 0 saturated carbocycles. The summed E-state index contributed by atoms with van der Waals surface area (Å²) < 4.78 is 15.5. The van der Waals surface area contributed by atoms with Crippen molar-refractivity contribution in [3.05, 3.63) is 47.5 Å². The highest BCUT2D eigenvalue weighted by molar-refractivity contribution is 8.00. The first kappa shape index (κ1) is 21.5. The zero-order valence-electron chi connectivity index (χ0n) is 16.7. The Labute approximate surface area is 178 Å². The predicted molar refractivity (Wildman–Crippen MR) is 112 cm³/mol. The molecule has 0 spiro atoms. The molecule has 0 aliphatic carbocycles. The maximum Gasteiger partial charge on any atom is 0.338 e. The van der Waals surface area contributed by atoms with E-state index >= 15 is 0 Å².